The molecule has 27 heavy (non-hydrogen) atoms. The summed E-state index contributed by atoms with van der Waals surface area (Å²) in [4.78, 5) is 18.4. The van der Waals surface area contributed by atoms with Crippen LogP contribution in [0.4, 0.5) is 5.69 Å². The molecule has 0 bridgehead atoms. The van der Waals surface area contributed by atoms with E-state index in [1.807, 2.05) is 53.4 Å². The zero-order valence-corrected chi connectivity index (χ0v) is 16.0. The summed E-state index contributed by atoms with van der Waals surface area (Å²) in [5.41, 5.74) is 0.838. The fourth-order valence-corrected chi connectivity index (χ4v) is 7.19. The molecule has 6 nitrogen and oxygen atoms in total. The van der Waals surface area contributed by atoms with Gasteiger partial charge in [0.15, 0.2) is 21.6 Å². The van der Waals surface area contributed by atoms with Gasteiger partial charge in [0.25, 0.3) is 5.91 Å². The van der Waals surface area contributed by atoms with Crippen LogP contribution in [0.5, 0.6) is 5.75 Å². The predicted octanol–water partition coefficient (Wildman–Crippen LogP) is 2.37. The minimum atomic E-state index is -3.07. The van der Waals surface area contributed by atoms with Crippen LogP contribution in [0.3, 0.4) is 0 Å². The number of anilines is 1. The van der Waals surface area contributed by atoms with Crippen molar-refractivity contribution in [3.05, 3.63) is 60.7 Å². The molecule has 0 aromatic heterocycles. The average molecular weight is 402 g/mol. The van der Waals surface area contributed by atoms with Crippen molar-refractivity contribution in [1.82, 2.24) is 0 Å². The maximum Gasteiger partial charge on any atom is 0.285 e. The molecule has 8 heteroatoms. The summed E-state index contributed by atoms with van der Waals surface area (Å²) in [6.45, 7) is -0.162. The first-order valence-corrected chi connectivity index (χ1v) is 11.2. The number of para-hydroxylation sites is 2. The summed E-state index contributed by atoms with van der Waals surface area (Å²) in [7, 11) is -3.07. The van der Waals surface area contributed by atoms with Crippen molar-refractivity contribution in [1.29, 1.82) is 0 Å². The highest BCUT2D eigenvalue weighted by atomic mass is 32.2. The van der Waals surface area contributed by atoms with Crippen LogP contribution in [-0.2, 0) is 14.6 Å². The predicted molar refractivity (Wildman–Crippen MR) is 107 cm³/mol. The van der Waals surface area contributed by atoms with Crippen LogP contribution in [0.25, 0.3) is 0 Å². The number of hydrogen-bond donors (Lipinski definition) is 0. The van der Waals surface area contributed by atoms with Crippen molar-refractivity contribution in [3.63, 3.8) is 0 Å². The van der Waals surface area contributed by atoms with Crippen molar-refractivity contribution in [2.75, 3.05) is 23.0 Å². The van der Waals surface area contributed by atoms with Gasteiger partial charge in [-0.25, -0.2) is 8.42 Å². The number of thioether (sulfide) groups is 1. The third-order valence-electron chi connectivity index (χ3n) is 4.43. The molecule has 0 radical (unpaired) electrons. The Hall–Kier alpha value is -2.32. The number of carbonyl (C=O) groups is 1. The maximum absolute atomic E-state index is 12.3. The Morgan fingerprint density at radius 1 is 1.07 bits per heavy atom. The van der Waals surface area contributed by atoms with E-state index in [2.05, 4.69) is 4.99 Å². The standard InChI is InChI=1S/C19H18N2O4S2/c22-18(11-25-15-9-5-2-6-10-15)20-19-21(14-7-3-1-4-8-14)16-12-27(23,24)13-17(16)26-19/h1-10,16-17H,11-13H2/t16-,17+/m0/s1. The highest BCUT2D eigenvalue weighted by Crippen LogP contribution is 2.40. The molecule has 2 aromatic carbocycles. The lowest BCUT2D eigenvalue weighted by molar-refractivity contribution is -0.119. The van der Waals surface area contributed by atoms with Gasteiger partial charge < -0.3 is 9.64 Å². The first kappa shape index (κ1) is 18.1. The first-order valence-electron chi connectivity index (χ1n) is 8.52. The lowest BCUT2D eigenvalue weighted by Gasteiger charge is -2.24. The Labute approximate surface area is 162 Å². The van der Waals surface area contributed by atoms with Gasteiger partial charge in [0.1, 0.15) is 5.75 Å². The van der Waals surface area contributed by atoms with Crippen LogP contribution in [0, 0.1) is 0 Å². The molecule has 1 amide bonds. The van der Waals surface area contributed by atoms with Crippen molar-refractivity contribution >= 4 is 38.4 Å². The van der Waals surface area contributed by atoms with E-state index in [-0.39, 0.29) is 29.4 Å². The molecule has 2 atom stereocenters. The van der Waals surface area contributed by atoms with Gasteiger partial charge in [-0.3, -0.25) is 4.79 Å². The summed E-state index contributed by atoms with van der Waals surface area (Å²) < 4.78 is 29.6. The second-order valence-corrected chi connectivity index (χ2v) is 9.76. The van der Waals surface area contributed by atoms with Crippen LogP contribution in [-0.4, -0.2) is 48.9 Å². The van der Waals surface area contributed by atoms with Crippen molar-refractivity contribution in [2.24, 2.45) is 4.99 Å². The van der Waals surface area contributed by atoms with Crippen LogP contribution in [0.1, 0.15) is 0 Å². The fraction of sp³-hybridized carbons (Fsp3) is 0.263. The number of amidine groups is 1. The number of rotatable bonds is 4. The topological polar surface area (TPSA) is 76.0 Å². The van der Waals surface area contributed by atoms with E-state index >= 15 is 0 Å². The van der Waals surface area contributed by atoms with Crippen molar-refractivity contribution in [2.45, 2.75) is 11.3 Å². The fourth-order valence-electron chi connectivity index (χ4n) is 3.26. The third kappa shape index (κ3) is 4.01. The Bertz CT molecular complexity index is 962. The number of carbonyl (C=O) groups excluding carboxylic acids is 1. The summed E-state index contributed by atoms with van der Waals surface area (Å²) >= 11 is 1.36. The molecule has 2 fully saturated rings. The summed E-state index contributed by atoms with van der Waals surface area (Å²) in [5.74, 6) is 0.394. The second-order valence-electron chi connectivity index (χ2n) is 6.40. The van der Waals surface area contributed by atoms with Crippen LogP contribution >= 0.6 is 11.8 Å². The largest absolute Gasteiger partial charge is 0.484 e. The number of fused-ring (bicyclic) bond motifs is 1. The highest BCUT2D eigenvalue weighted by molar-refractivity contribution is 8.16. The molecule has 0 N–H and O–H groups in total. The van der Waals surface area contributed by atoms with Gasteiger partial charge in [-0.15, -0.1) is 0 Å². The second kappa shape index (κ2) is 7.36. The molecule has 0 saturated carbocycles. The van der Waals surface area contributed by atoms with Crippen molar-refractivity contribution in [3.8, 4) is 5.75 Å². The quantitative estimate of drug-likeness (QED) is 0.782. The SMILES string of the molecule is O=C(COc1ccccc1)N=C1S[C@@H]2CS(=O)(=O)C[C@@H]2N1c1ccccc1. The van der Waals surface area contributed by atoms with Crippen LogP contribution < -0.4 is 9.64 Å². The van der Waals surface area contributed by atoms with Crippen LogP contribution in [0.15, 0.2) is 65.7 Å². The number of ether oxygens (including phenoxy) is 1. The molecular formula is C19H18N2O4S2. The van der Waals surface area contributed by atoms with Gasteiger partial charge in [-0.1, -0.05) is 48.2 Å². The molecule has 2 aliphatic heterocycles. The van der Waals surface area contributed by atoms with E-state index in [4.69, 9.17) is 4.74 Å². The number of sulfone groups is 1. The monoisotopic (exact) mass is 402 g/mol. The highest BCUT2D eigenvalue weighted by Gasteiger charge is 2.49. The molecule has 0 unspecified atom stereocenters. The summed E-state index contributed by atoms with van der Waals surface area (Å²) in [6.07, 6.45) is 0. The maximum atomic E-state index is 12.3. The lowest BCUT2D eigenvalue weighted by Crippen LogP contribution is -2.37. The van der Waals surface area contributed by atoms with Gasteiger partial charge in [0.05, 0.1) is 17.5 Å². The van der Waals surface area contributed by atoms with Crippen molar-refractivity contribution < 1.29 is 17.9 Å². The number of hydrogen-bond acceptors (Lipinski definition) is 5. The number of aliphatic imine (C=N–C) groups is 1. The zero-order chi connectivity index (χ0) is 18.9. The van der Waals surface area contributed by atoms with E-state index in [9.17, 15) is 13.2 Å². The lowest BCUT2D eigenvalue weighted by atomic mass is 10.2. The Balaban J connectivity index is 1.55. The molecule has 0 spiro atoms. The first-order chi connectivity index (χ1) is 13.0. The molecule has 2 aromatic rings. The van der Waals surface area contributed by atoms with Gasteiger partial charge >= 0.3 is 0 Å². The molecular weight excluding hydrogens is 384 g/mol. The molecule has 2 heterocycles. The zero-order valence-electron chi connectivity index (χ0n) is 14.4. The summed E-state index contributed by atoms with van der Waals surface area (Å²) in [6, 6.07) is 18.3. The molecule has 140 valence electrons. The van der Waals surface area contributed by atoms with E-state index < -0.39 is 15.7 Å². The smallest absolute Gasteiger partial charge is 0.285 e. The van der Waals surface area contributed by atoms with E-state index in [0.29, 0.717) is 10.9 Å². The Morgan fingerprint density at radius 2 is 1.74 bits per heavy atom. The average Bonchev–Trinajstić information content (AvgIpc) is 3.12. The van der Waals surface area contributed by atoms with Gasteiger partial charge in [0, 0.05) is 10.9 Å². The van der Waals surface area contributed by atoms with Crippen LogP contribution in [0.2, 0.25) is 0 Å². The van der Waals surface area contributed by atoms with E-state index in [1.165, 1.54) is 11.8 Å². The number of amides is 1. The minimum absolute atomic E-state index is 0.0767. The van der Waals surface area contributed by atoms with E-state index in [0.717, 1.165) is 5.69 Å². The number of nitrogens with zero attached hydrogens (tertiary/aromatic N) is 2. The Morgan fingerprint density at radius 3 is 2.44 bits per heavy atom. The third-order valence-corrected chi connectivity index (χ3v) is 7.64. The minimum Gasteiger partial charge on any atom is -0.484 e. The molecule has 2 saturated heterocycles. The Kier molecular flexibility index (Phi) is 4.92. The van der Waals surface area contributed by atoms with Gasteiger partial charge in [-0.2, -0.15) is 4.99 Å². The molecule has 2 aliphatic rings. The number of benzene rings is 2. The van der Waals surface area contributed by atoms with Gasteiger partial charge in [0.2, 0.25) is 0 Å². The molecule has 0 aliphatic carbocycles. The summed E-state index contributed by atoms with van der Waals surface area (Å²) in [5, 5.41) is 0.421. The van der Waals surface area contributed by atoms with E-state index in [1.54, 1.807) is 12.1 Å². The molecule has 4 rings (SSSR count). The normalized spacial score (nSPS) is 24.7. The van der Waals surface area contributed by atoms with Gasteiger partial charge in [-0.05, 0) is 24.3 Å².